The van der Waals surface area contributed by atoms with Crippen molar-refractivity contribution in [2.75, 3.05) is 33.9 Å². The molecule has 0 heterocycles. The van der Waals surface area contributed by atoms with E-state index in [4.69, 9.17) is 9.47 Å². The first-order chi connectivity index (χ1) is 9.65. The molecular weight excluding hydrogens is 254 g/mol. The van der Waals surface area contributed by atoms with E-state index in [1.54, 1.807) is 14.2 Å². The highest BCUT2D eigenvalue weighted by atomic mass is 16.5. The molecule has 1 atom stereocenters. The van der Waals surface area contributed by atoms with E-state index >= 15 is 0 Å². The minimum absolute atomic E-state index is 0.0535. The van der Waals surface area contributed by atoms with Crippen molar-refractivity contribution in [2.45, 2.75) is 20.0 Å². The van der Waals surface area contributed by atoms with E-state index in [0.29, 0.717) is 13.2 Å². The van der Waals surface area contributed by atoms with Crippen molar-refractivity contribution in [2.24, 2.45) is 4.99 Å². The molecule has 1 aromatic carbocycles. The summed E-state index contributed by atoms with van der Waals surface area (Å²) in [5.74, 6) is 1.64. The number of hydrogen-bond acceptors (Lipinski definition) is 3. The van der Waals surface area contributed by atoms with Gasteiger partial charge in [0.2, 0.25) is 0 Å². The zero-order chi connectivity index (χ0) is 14.8. The zero-order valence-electron chi connectivity index (χ0n) is 12.8. The molecule has 1 rings (SSSR count). The molecule has 0 spiro atoms. The molecule has 0 fully saturated rings. The monoisotopic (exact) mass is 279 g/mol. The Labute approximate surface area is 121 Å². The number of hydrogen-bond donors (Lipinski definition) is 2. The largest absolute Gasteiger partial charge is 0.489 e. The van der Waals surface area contributed by atoms with Crippen molar-refractivity contribution in [1.29, 1.82) is 0 Å². The minimum atomic E-state index is 0.0535. The summed E-state index contributed by atoms with van der Waals surface area (Å²) in [4.78, 5) is 4.14. The molecule has 2 N–H and O–H groups in total. The van der Waals surface area contributed by atoms with Gasteiger partial charge in [-0.1, -0.05) is 12.1 Å². The van der Waals surface area contributed by atoms with Gasteiger partial charge in [0.25, 0.3) is 0 Å². The van der Waals surface area contributed by atoms with Gasteiger partial charge in [-0.25, -0.2) is 0 Å². The second-order valence-corrected chi connectivity index (χ2v) is 4.62. The van der Waals surface area contributed by atoms with Crippen LogP contribution in [0.2, 0.25) is 0 Å². The zero-order valence-corrected chi connectivity index (χ0v) is 12.8. The standard InChI is InChI=1S/C15H25N3O2/c1-12-6-5-7-14(10-12)20-13(2)11-18-15(16-3)17-8-9-19-4/h5-7,10,13H,8-9,11H2,1-4H3,(H2,16,17,18). The second-order valence-electron chi connectivity index (χ2n) is 4.62. The minimum Gasteiger partial charge on any atom is -0.489 e. The summed E-state index contributed by atoms with van der Waals surface area (Å²) in [7, 11) is 3.42. The number of aryl methyl sites for hydroxylation is 1. The predicted octanol–water partition coefficient (Wildman–Crippen LogP) is 1.57. The van der Waals surface area contributed by atoms with Gasteiger partial charge in [-0.3, -0.25) is 4.99 Å². The van der Waals surface area contributed by atoms with Crippen molar-refractivity contribution in [3.63, 3.8) is 0 Å². The van der Waals surface area contributed by atoms with Crippen LogP contribution in [0.5, 0.6) is 5.75 Å². The predicted molar refractivity (Wildman–Crippen MR) is 82.5 cm³/mol. The van der Waals surface area contributed by atoms with Crippen LogP contribution in [0.15, 0.2) is 29.3 Å². The van der Waals surface area contributed by atoms with E-state index in [0.717, 1.165) is 18.3 Å². The molecule has 1 aromatic rings. The molecule has 0 aliphatic rings. The van der Waals surface area contributed by atoms with Gasteiger partial charge in [0.1, 0.15) is 11.9 Å². The van der Waals surface area contributed by atoms with Crippen LogP contribution in [0, 0.1) is 6.92 Å². The third kappa shape index (κ3) is 6.43. The van der Waals surface area contributed by atoms with Crippen molar-refractivity contribution >= 4 is 5.96 Å². The van der Waals surface area contributed by atoms with Crippen LogP contribution in [0.4, 0.5) is 0 Å². The van der Waals surface area contributed by atoms with E-state index in [1.807, 2.05) is 25.1 Å². The topological polar surface area (TPSA) is 54.9 Å². The summed E-state index contributed by atoms with van der Waals surface area (Å²) in [6, 6.07) is 8.05. The smallest absolute Gasteiger partial charge is 0.191 e. The van der Waals surface area contributed by atoms with Crippen molar-refractivity contribution in [3.05, 3.63) is 29.8 Å². The summed E-state index contributed by atoms with van der Waals surface area (Å²) < 4.78 is 10.8. The molecule has 0 bridgehead atoms. The number of ether oxygens (including phenoxy) is 2. The van der Waals surface area contributed by atoms with Crippen LogP contribution in [0.25, 0.3) is 0 Å². The van der Waals surface area contributed by atoms with Gasteiger partial charge in [-0.15, -0.1) is 0 Å². The SMILES string of the molecule is CN=C(NCCOC)NCC(C)Oc1cccc(C)c1. The van der Waals surface area contributed by atoms with Gasteiger partial charge < -0.3 is 20.1 Å². The third-order valence-electron chi connectivity index (χ3n) is 2.71. The highest BCUT2D eigenvalue weighted by molar-refractivity contribution is 5.79. The van der Waals surface area contributed by atoms with Gasteiger partial charge in [-0.05, 0) is 31.5 Å². The molecular formula is C15H25N3O2. The average Bonchev–Trinajstić information content (AvgIpc) is 2.42. The van der Waals surface area contributed by atoms with Crippen LogP contribution < -0.4 is 15.4 Å². The van der Waals surface area contributed by atoms with Crippen LogP contribution >= 0.6 is 0 Å². The molecule has 112 valence electrons. The first-order valence-corrected chi connectivity index (χ1v) is 6.82. The van der Waals surface area contributed by atoms with Gasteiger partial charge in [-0.2, -0.15) is 0 Å². The lowest BCUT2D eigenvalue weighted by Gasteiger charge is -2.18. The highest BCUT2D eigenvalue weighted by Gasteiger charge is 2.05. The highest BCUT2D eigenvalue weighted by Crippen LogP contribution is 2.13. The van der Waals surface area contributed by atoms with E-state index in [-0.39, 0.29) is 6.10 Å². The first-order valence-electron chi connectivity index (χ1n) is 6.82. The Morgan fingerprint density at radius 2 is 2.15 bits per heavy atom. The lowest BCUT2D eigenvalue weighted by atomic mass is 10.2. The second kappa shape index (κ2) is 9.20. The number of aliphatic imine (C=N–C) groups is 1. The maximum atomic E-state index is 5.85. The Morgan fingerprint density at radius 3 is 2.80 bits per heavy atom. The Morgan fingerprint density at radius 1 is 1.35 bits per heavy atom. The number of nitrogens with zero attached hydrogens (tertiary/aromatic N) is 1. The molecule has 0 aliphatic heterocycles. The Balaban J connectivity index is 2.33. The van der Waals surface area contributed by atoms with Gasteiger partial charge >= 0.3 is 0 Å². The van der Waals surface area contributed by atoms with Crippen LogP contribution in [-0.2, 0) is 4.74 Å². The molecule has 0 aromatic heterocycles. The maximum Gasteiger partial charge on any atom is 0.191 e. The summed E-state index contributed by atoms with van der Waals surface area (Å²) in [5.41, 5.74) is 1.19. The quantitative estimate of drug-likeness (QED) is 0.452. The molecule has 0 aliphatic carbocycles. The normalized spacial score (nSPS) is 12.9. The number of benzene rings is 1. The van der Waals surface area contributed by atoms with Crippen LogP contribution in [0.1, 0.15) is 12.5 Å². The van der Waals surface area contributed by atoms with E-state index in [2.05, 4.69) is 28.6 Å². The number of nitrogens with one attached hydrogen (secondary N) is 2. The van der Waals surface area contributed by atoms with Gasteiger partial charge in [0.15, 0.2) is 5.96 Å². The molecule has 5 nitrogen and oxygen atoms in total. The maximum absolute atomic E-state index is 5.85. The first kappa shape index (κ1) is 16.3. The van der Waals surface area contributed by atoms with Gasteiger partial charge in [0, 0.05) is 20.7 Å². The lowest BCUT2D eigenvalue weighted by molar-refractivity contribution is 0.203. The summed E-state index contributed by atoms with van der Waals surface area (Å²) in [6.45, 7) is 6.13. The number of methoxy groups -OCH3 is 1. The molecule has 0 amide bonds. The fourth-order valence-electron chi connectivity index (χ4n) is 1.70. The Hall–Kier alpha value is -1.75. The van der Waals surface area contributed by atoms with E-state index in [1.165, 1.54) is 5.56 Å². The molecule has 0 radical (unpaired) electrons. The fraction of sp³-hybridized carbons (Fsp3) is 0.533. The summed E-state index contributed by atoms with van der Waals surface area (Å²) in [6.07, 6.45) is 0.0535. The van der Waals surface area contributed by atoms with Crippen molar-refractivity contribution < 1.29 is 9.47 Å². The molecule has 5 heteroatoms. The summed E-state index contributed by atoms with van der Waals surface area (Å²) in [5, 5.41) is 6.38. The van der Waals surface area contributed by atoms with Crippen LogP contribution in [0.3, 0.4) is 0 Å². The third-order valence-corrected chi connectivity index (χ3v) is 2.71. The lowest BCUT2D eigenvalue weighted by Crippen LogP contribution is -2.42. The number of rotatable bonds is 7. The fourth-order valence-corrected chi connectivity index (χ4v) is 1.70. The Bertz CT molecular complexity index is 421. The van der Waals surface area contributed by atoms with Gasteiger partial charge in [0.05, 0.1) is 13.2 Å². The van der Waals surface area contributed by atoms with Crippen molar-refractivity contribution in [3.8, 4) is 5.75 Å². The van der Waals surface area contributed by atoms with E-state index < -0.39 is 0 Å². The van der Waals surface area contributed by atoms with Crippen LogP contribution in [-0.4, -0.2) is 45.9 Å². The molecule has 20 heavy (non-hydrogen) atoms. The summed E-state index contributed by atoms with van der Waals surface area (Å²) >= 11 is 0. The molecule has 0 saturated heterocycles. The Kier molecular flexibility index (Phi) is 7.50. The van der Waals surface area contributed by atoms with Crippen molar-refractivity contribution in [1.82, 2.24) is 10.6 Å². The average molecular weight is 279 g/mol. The number of guanidine groups is 1. The molecule has 1 unspecified atom stereocenters. The van der Waals surface area contributed by atoms with E-state index in [9.17, 15) is 0 Å². The molecule has 0 saturated carbocycles.